The third kappa shape index (κ3) is 3.16. The molecular weight excluding hydrogens is 286 g/mol. The van der Waals surface area contributed by atoms with Crippen LogP contribution in [0.4, 0.5) is 0 Å². The predicted molar refractivity (Wildman–Crippen MR) is 82.6 cm³/mol. The minimum atomic E-state index is -0.0105. The number of likely N-dealkylation sites (N-methyl/N-ethyl adjacent to an activating group) is 1. The van der Waals surface area contributed by atoms with Crippen molar-refractivity contribution < 1.29 is 9.53 Å². The summed E-state index contributed by atoms with van der Waals surface area (Å²) in [6.07, 6.45) is 4.13. The van der Waals surface area contributed by atoms with Crippen molar-refractivity contribution in [1.82, 2.24) is 14.9 Å². The number of carbonyl (C=O) groups is 1. The van der Waals surface area contributed by atoms with Crippen LogP contribution < -0.4 is 0 Å². The van der Waals surface area contributed by atoms with Crippen LogP contribution in [-0.2, 0) is 4.74 Å². The number of ether oxygens (including phenoxy) is 1. The molecule has 3 rings (SSSR count). The zero-order chi connectivity index (χ0) is 14.8. The highest BCUT2D eigenvalue weighted by molar-refractivity contribution is 7.09. The number of thiazole rings is 1. The van der Waals surface area contributed by atoms with E-state index in [0.717, 1.165) is 35.7 Å². The minimum absolute atomic E-state index is 0.0105. The SMILES string of the molecule is Cc1nc(-c2c[nH]c(C(=O)N(C)C[C@@H]3CCCO3)c2)cs1. The van der Waals surface area contributed by atoms with Crippen LogP contribution >= 0.6 is 11.3 Å². The standard InChI is InChI=1S/C15H19N3O2S/c1-10-17-14(9-21-10)11-6-13(16-7-11)15(19)18(2)8-12-4-3-5-20-12/h6-7,9,12,16H,3-5,8H2,1-2H3/t12-/m0/s1. The number of carbonyl (C=O) groups excluding carboxylic acids is 1. The molecule has 5 nitrogen and oxygen atoms in total. The maximum Gasteiger partial charge on any atom is 0.270 e. The van der Waals surface area contributed by atoms with Gasteiger partial charge in [0, 0.05) is 37.3 Å². The number of aryl methyl sites for hydroxylation is 1. The summed E-state index contributed by atoms with van der Waals surface area (Å²) in [5.41, 5.74) is 2.46. The molecule has 1 saturated heterocycles. The first-order chi connectivity index (χ1) is 10.1. The van der Waals surface area contributed by atoms with E-state index < -0.39 is 0 Å². The molecule has 0 aromatic carbocycles. The molecule has 2 aromatic heterocycles. The Balaban J connectivity index is 1.68. The second-order valence-corrected chi connectivity index (χ2v) is 6.44. The van der Waals surface area contributed by atoms with Crippen LogP contribution in [0.2, 0.25) is 0 Å². The highest BCUT2D eigenvalue weighted by atomic mass is 32.1. The van der Waals surface area contributed by atoms with Crippen LogP contribution in [-0.4, -0.2) is 47.1 Å². The zero-order valence-electron chi connectivity index (χ0n) is 12.3. The number of nitrogens with zero attached hydrogens (tertiary/aromatic N) is 2. The Morgan fingerprint density at radius 2 is 2.48 bits per heavy atom. The van der Waals surface area contributed by atoms with Crippen LogP contribution in [0.25, 0.3) is 11.3 Å². The fraction of sp³-hybridized carbons (Fsp3) is 0.467. The monoisotopic (exact) mass is 305 g/mol. The largest absolute Gasteiger partial charge is 0.376 e. The maximum absolute atomic E-state index is 12.4. The summed E-state index contributed by atoms with van der Waals surface area (Å²) >= 11 is 1.61. The van der Waals surface area contributed by atoms with Gasteiger partial charge in [0.2, 0.25) is 0 Å². The third-order valence-corrected chi connectivity index (χ3v) is 4.45. The van der Waals surface area contributed by atoms with Gasteiger partial charge in [0.25, 0.3) is 5.91 Å². The van der Waals surface area contributed by atoms with Crippen molar-refractivity contribution in [3.63, 3.8) is 0 Å². The van der Waals surface area contributed by atoms with Gasteiger partial charge in [-0.25, -0.2) is 4.98 Å². The van der Waals surface area contributed by atoms with Crippen molar-refractivity contribution in [2.24, 2.45) is 0 Å². The number of rotatable bonds is 4. The summed E-state index contributed by atoms with van der Waals surface area (Å²) in [6, 6.07) is 1.86. The number of nitrogens with one attached hydrogen (secondary N) is 1. The highest BCUT2D eigenvalue weighted by Crippen LogP contribution is 2.23. The molecule has 0 aliphatic carbocycles. The summed E-state index contributed by atoms with van der Waals surface area (Å²) < 4.78 is 5.57. The van der Waals surface area contributed by atoms with Gasteiger partial charge in [0.05, 0.1) is 16.8 Å². The Morgan fingerprint density at radius 1 is 1.62 bits per heavy atom. The van der Waals surface area contributed by atoms with Crippen molar-refractivity contribution in [2.75, 3.05) is 20.2 Å². The molecule has 0 radical (unpaired) electrons. The van der Waals surface area contributed by atoms with Crippen LogP contribution in [0, 0.1) is 6.92 Å². The van der Waals surface area contributed by atoms with Crippen molar-refractivity contribution in [1.29, 1.82) is 0 Å². The minimum Gasteiger partial charge on any atom is -0.376 e. The Hall–Kier alpha value is -1.66. The first kappa shape index (κ1) is 14.3. The zero-order valence-corrected chi connectivity index (χ0v) is 13.1. The second kappa shape index (κ2) is 5.99. The molecule has 1 aliphatic heterocycles. The Labute approximate surface area is 128 Å². The van der Waals surface area contributed by atoms with E-state index in [1.54, 1.807) is 16.2 Å². The number of hydrogen-bond donors (Lipinski definition) is 1. The van der Waals surface area contributed by atoms with Crippen molar-refractivity contribution in [3.8, 4) is 11.3 Å². The molecule has 1 atom stereocenters. The van der Waals surface area contributed by atoms with Gasteiger partial charge >= 0.3 is 0 Å². The first-order valence-electron chi connectivity index (χ1n) is 7.11. The van der Waals surface area contributed by atoms with Gasteiger partial charge in [-0.3, -0.25) is 4.79 Å². The number of aromatic amines is 1. The van der Waals surface area contributed by atoms with Gasteiger partial charge in [-0.05, 0) is 25.8 Å². The molecule has 3 heterocycles. The lowest BCUT2D eigenvalue weighted by molar-refractivity contribution is 0.0583. The molecule has 21 heavy (non-hydrogen) atoms. The first-order valence-corrected chi connectivity index (χ1v) is 7.99. The number of aromatic nitrogens is 2. The Kier molecular flexibility index (Phi) is 4.07. The fourth-order valence-electron chi connectivity index (χ4n) is 2.54. The van der Waals surface area contributed by atoms with Gasteiger partial charge in [0.15, 0.2) is 0 Å². The van der Waals surface area contributed by atoms with Crippen molar-refractivity contribution >= 4 is 17.2 Å². The molecule has 0 saturated carbocycles. The number of amides is 1. The molecular formula is C15H19N3O2S. The van der Waals surface area contributed by atoms with Gasteiger partial charge in [0.1, 0.15) is 5.69 Å². The highest BCUT2D eigenvalue weighted by Gasteiger charge is 2.21. The predicted octanol–water partition coefficient (Wildman–Crippen LogP) is 2.70. The van der Waals surface area contributed by atoms with E-state index in [9.17, 15) is 4.79 Å². The van der Waals surface area contributed by atoms with Gasteiger partial charge < -0.3 is 14.6 Å². The van der Waals surface area contributed by atoms with Crippen molar-refractivity contribution in [2.45, 2.75) is 25.9 Å². The molecule has 1 N–H and O–H groups in total. The number of H-pyrrole nitrogens is 1. The molecule has 1 aliphatic rings. The Bertz CT molecular complexity index is 628. The summed E-state index contributed by atoms with van der Waals surface area (Å²) in [4.78, 5) is 21.6. The topological polar surface area (TPSA) is 58.2 Å². The van der Waals surface area contributed by atoms with E-state index >= 15 is 0 Å². The summed E-state index contributed by atoms with van der Waals surface area (Å²) in [5, 5.41) is 3.03. The summed E-state index contributed by atoms with van der Waals surface area (Å²) in [5.74, 6) is -0.0105. The van der Waals surface area contributed by atoms with Crippen LogP contribution in [0.5, 0.6) is 0 Å². The fourth-order valence-corrected chi connectivity index (χ4v) is 3.17. The van der Waals surface area contributed by atoms with E-state index in [-0.39, 0.29) is 12.0 Å². The smallest absolute Gasteiger partial charge is 0.270 e. The van der Waals surface area contributed by atoms with E-state index in [1.165, 1.54) is 0 Å². The third-order valence-electron chi connectivity index (χ3n) is 3.68. The van der Waals surface area contributed by atoms with Gasteiger partial charge in [-0.1, -0.05) is 0 Å². The lowest BCUT2D eigenvalue weighted by Crippen LogP contribution is -2.34. The van der Waals surface area contributed by atoms with Crippen LogP contribution in [0.15, 0.2) is 17.6 Å². The molecule has 112 valence electrons. The van der Waals surface area contributed by atoms with E-state index in [2.05, 4.69) is 9.97 Å². The molecule has 1 amide bonds. The lowest BCUT2D eigenvalue weighted by Gasteiger charge is -2.20. The van der Waals surface area contributed by atoms with E-state index in [1.807, 2.05) is 31.6 Å². The molecule has 0 unspecified atom stereocenters. The van der Waals surface area contributed by atoms with Crippen LogP contribution in [0.3, 0.4) is 0 Å². The molecule has 1 fully saturated rings. The molecule has 6 heteroatoms. The number of hydrogen-bond acceptors (Lipinski definition) is 4. The van der Waals surface area contributed by atoms with Gasteiger partial charge in [-0.15, -0.1) is 11.3 Å². The average molecular weight is 305 g/mol. The quantitative estimate of drug-likeness (QED) is 0.945. The lowest BCUT2D eigenvalue weighted by atomic mass is 10.2. The van der Waals surface area contributed by atoms with Crippen LogP contribution in [0.1, 0.15) is 28.3 Å². The molecule has 2 aromatic rings. The van der Waals surface area contributed by atoms with E-state index in [0.29, 0.717) is 12.2 Å². The van der Waals surface area contributed by atoms with E-state index in [4.69, 9.17) is 4.74 Å². The average Bonchev–Trinajstić information content (AvgIpc) is 3.17. The molecule has 0 spiro atoms. The summed E-state index contributed by atoms with van der Waals surface area (Å²) in [7, 11) is 1.82. The maximum atomic E-state index is 12.4. The summed E-state index contributed by atoms with van der Waals surface area (Å²) in [6.45, 7) is 3.42. The molecule has 0 bridgehead atoms. The second-order valence-electron chi connectivity index (χ2n) is 5.37. The Morgan fingerprint density at radius 3 is 3.14 bits per heavy atom. The normalized spacial score (nSPS) is 18.1. The van der Waals surface area contributed by atoms with Crippen molar-refractivity contribution in [3.05, 3.63) is 28.3 Å². The van der Waals surface area contributed by atoms with Gasteiger partial charge in [-0.2, -0.15) is 0 Å².